The van der Waals surface area contributed by atoms with Crippen LogP contribution in [-0.2, 0) is 4.79 Å². The maximum atomic E-state index is 11.9. The molecule has 0 bridgehead atoms. The van der Waals surface area contributed by atoms with Gasteiger partial charge in [0.2, 0.25) is 5.91 Å². The molecule has 0 aliphatic heterocycles. The van der Waals surface area contributed by atoms with Gasteiger partial charge in [-0.25, -0.2) is 0 Å². The van der Waals surface area contributed by atoms with Crippen molar-refractivity contribution in [2.75, 3.05) is 18.2 Å². The molecule has 21 heavy (non-hydrogen) atoms. The van der Waals surface area contributed by atoms with Crippen LogP contribution in [0.4, 0.5) is 5.69 Å². The maximum Gasteiger partial charge on any atom is 0.225 e. The van der Waals surface area contributed by atoms with Gasteiger partial charge in [0.05, 0.1) is 7.11 Å². The Bertz CT molecular complexity index is 601. The first-order chi connectivity index (χ1) is 10.2. The fourth-order valence-electron chi connectivity index (χ4n) is 1.72. The number of nitrogens with one attached hydrogen (secondary N) is 1. The summed E-state index contributed by atoms with van der Waals surface area (Å²) in [7, 11) is 1.65. The molecule has 0 saturated heterocycles. The van der Waals surface area contributed by atoms with Crippen LogP contribution in [0.5, 0.6) is 5.75 Å². The van der Waals surface area contributed by atoms with Crippen molar-refractivity contribution >= 4 is 39.3 Å². The van der Waals surface area contributed by atoms with Crippen molar-refractivity contribution < 1.29 is 9.53 Å². The lowest BCUT2D eigenvalue weighted by molar-refractivity contribution is -0.115. The number of carbonyl (C=O) groups excluding carboxylic acids is 1. The van der Waals surface area contributed by atoms with Crippen LogP contribution >= 0.6 is 27.7 Å². The first-order valence-corrected chi connectivity index (χ1v) is 8.27. The smallest absolute Gasteiger partial charge is 0.225 e. The van der Waals surface area contributed by atoms with Crippen molar-refractivity contribution in [2.24, 2.45) is 0 Å². The number of thioether (sulfide) groups is 1. The third kappa shape index (κ3) is 5.44. The van der Waals surface area contributed by atoms with Crippen LogP contribution in [0.15, 0.2) is 57.9 Å². The van der Waals surface area contributed by atoms with E-state index in [0.29, 0.717) is 6.42 Å². The highest BCUT2D eigenvalue weighted by Crippen LogP contribution is 2.22. The molecule has 0 heterocycles. The second-order valence-corrected chi connectivity index (χ2v) is 6.42. The summed E-state index contributed by atoms with van der Waals surface area (Å²) in [5.41, 5.74) is 0.809. The maximum absolute atomic E-state index is 11.9. The predicted molar refractivity (Wildman–Crippen MR) is 91.1 cm³/mol. The number of halogens is 1. The number of carbonyl (C=O) groups is 1. The largest absolute Gasteiger partial charge is 0.497 e. The zero-order valence-corrected chi connectivity index (χ0v) is 14.0. The second-order valence-electron chi connectivity index (χ2n) is 4.33. The summed E-state index contributed by atoms with van der Waals surface area (Å²) in [6.45, 7) is 0. The van der Waals surface area contributed by atoms with Crippen molar-refractivity contribution in [2.45, 2.75) is 11.3 Å². The SMILES string of the molecule is COc1ccc(SCCC(=O)Nc2cccc(Br)c2)cc1. The normalized spacial score (nSPS) is 10.2. The minimum absolute atomic E-state index is 0.0223. The Balaban J connectivity index is 1.76. The Labute approximate surface area is 137 Å². The van der Waals surface area contributed by atoms with Gasteiger partial charge in [-0.3, -0.25) is 4.79 Å². The molecule has 0 spiro atoms. The van der Waals surface area contributed by atoms with Gasteiger partial charge in [-0.1, -0.05) is 22.0 Å². The minimum Gasteiger partial charge on any atom is -0.497 e. The number of benzene rings is 2. The molecule has 0 radical (unpaired) electrons. The minimum atomic E-state index is 0.0223. The highest BCUT2D eigenvalue weighted by Gasteiger charge is 2.03. The quantitative estimate of drug-likeness (QED) is 0.761. The van der Waals surface area contributed by atoms with E-state index in [1.165, 1.54) is 0 Å². The van der Waals surface area contributed by atoms with Gasteiger partial charge in [-0.15, -0.1) is 11.8 Å². The Hall–Kier alpha value is -1.46. The standard InChI is InChI=1S/C16H16BrNO2S/c1-20-14-5-7-15(8-6-14)21-10-9-16(19)18-13-4-2-3-12(17)11-13/h2-8,11H,9-10H2,1H3,(H,18,19). The fraction of sp³-hybridized carbons (Fsp3) is 0.188. The number of hydrogen-bond donors (Lipinski definition) is 1. The average Bonchev–Trinajstić information content (AvgIpc) is 2.48. The number of rotatable bonds is 6. The summed E-state index contributed by atoms with van der Waals surface area (Å²) < 4.78 is 6.06. The highest BCUT2D eigenvalue weighted by atomic mass is 79.9. The van der Waals surface area contributed by atoms with Gasteiger partial charge in [-0.2, -0.15) is 0 Å². The van der Waals surface area contributed by atoms with Gasteiger partial charge in [-0.05, 0) is 42.5 Å². The molecule has 1 amide bonds. The van der Waals surface area contributed by atoms with E-state index in [1.54, 1.807) is 18.9 Å². The van der Waals surface area contributed by atoms with E-state index in [1.807, 2.05) is 48.5 Å². The van der Waals surface area contributed by atoms with Crippen LogP contribution in [0.25, 0.3) is 0 Å². The summed E-state index contributed by atoms with van der Waals surface area (Å²) in [6, 6.07) is 15.4. The first kappa shape index (κ1) is 15.9. The van der Waals surface area contributed by atoms with Gasteiger partial charge in [0.1, 0.15) is 5.75 Å². The van der Waals surface area contributed by atoms with E-state index >= 15 is 0 Å². The lowest BCUT2D eigenvalue weighted by Gasteiger charge is -2.06. The summed E-state index contributed by atoms with van der Waals surface area (Å²) >= 11 is 5.04. The van der Waals surface area contributed by atoms with E-state index in [-0.39, 0.29) is 5.91 Å². The van der Waals surface area contributed by atoms with E-state index in [9.17, 15) is 4.79 Å². The van der Waals surface area contributed by atoms with Crippen molar-refractivity contribution in [3.63, 3.8) is 0 Å². The molecule has 0 aromatic heterocycles. The first-order valence-electron chi connectivity index (χ1n) is 6.49. The molecule has 3 nitrogen and oxygen atoms in total. The average molecular weight is 366 g/mol. The van der Waals surface area contributed by atoms with Crippen molar-refractivity contribution in [1.29, 1.82) is 0 Å². The van der Waals surface area contributed by atoms with Gasteiger partial charge < -0.3 is 10.1 Å². The second kappa shape index (κ2) is 8.10. The predicted octanol–water partition coefficient (Wildman–Crippen LogP) is 4.58. The Morgan fingerprint density at radius 1 is 1.24 bits per heavy atom. The highest BCUT2D eigenvalue weighted by molar-refractivity contribution is 9.10. The Kier molecular flexibility index (Phi) is 6.14. The summed E-state index contributed by atoms with van der Waals surface area (Å²) in [4.78, 5) is 13.0. The van der Waals surface area contributed by atoms with E-state index in [0.717, 1.165) is 26.6 Å². The number of amides is 1. The van der Waals surface area contributed by atoms with E-state index in [2.05, 4.69) is 21.2 Å². The van der Waals surface area contributed by atoms with Crippen LogP contribution in [0.2, 0.25) is 0 Å². The van der Waals surface area contributed by atoms with Crippen LogP contribution in [0.3, 0.4) is 0 Å². The molecule has 2 aromatic carbocycles. The molecule has 0 unspecified atom stereocenters. The Morgan fingerprint density at radius 2 is 2.00 bits per heavy atom. The summed E-state index contributed by atoms with van der Waals surface area (Å²) in [6.07, 6.45) is 0.475. The third-order valence-electron chi connectivity index (χ3n) is 2.77. The van der Waals surface area contributed by atoms with Crippen molar-refractivity contribution in [3.8, 4) is 5.75 Å². The summed E-state index contributed by atoms with van der Waals surface area (Å²) in [5.74, 6) is 1.60. The zero-order chi connectivity index (χ0) is 15.1. The molecular weight excluding hydrogens is 350 g/mol. The van der Waals surface area contributed by atoms with Gasteiger partial charge in [0.25, 0.3) is 0 Å². The topological polar surface area (TPSA) is 38.3 Å². The van der Waals surface area contributed by atoms with E-state index < -0.39 is 0 Å². The van der Waals surface area contributed by atoms with Crippen LogP contribution < -0.4 is 10.1 Å². The molecule has 110 valence electrons. The van der Waals surface area contributed by atoms with Gasteiger partial charge >= 0.3 is 0 Å². The van der Waals surface area contributed by atoms with E-state index in [4.69, 9.17) is 4.74 Å². The molecule has 2 aromatic rings. The van der Waals surface area contributed by atoms with Crippen LogP contribution in [0, 0.1) is 0 Å². The molecule has 0 saturated carbocycles. The third-order valence-corrected chi connectivity index (χ3v) is 4.27. The number of hydrogen-bond acceptors (Lipinski definition) is 3. The van der Waals surface area contributed by atoms with Crippen LogP contribution in [-0.4, -0.2) is 18.8 Å². The monoisotopic (exact) mass is 365 g/mol. The molecule has 0 aliphatic carbocycles. The van der Waals surface area contributed by atoms with Crippen molar-refractivity contribution in [1.82, 2.24) is 0 Å². The molecule has 1 N–H and O–H groups in total. The molecule has 0 fully saturated rings. The molecule has 5 heteroatoms. The Morgan fingerprint density at radius 3 is 2.67 bits per heavy atom. The number of anilines is 1. The number of methoxy groups -OCH3 is 1. The van der Waals surface area contributed by atoms with Gasteiger partial charge in [0.15, 0.2) is 0 Å². The lowest BCUT2D eigenvalue weighted by atomic mass is 10.3. The molecule has 2 rings (SSSR count). The van der Waals surface area contributed by atoms with Crippen molar-refractivity contribution in [3.05, 3.63) is 53.0 Å². The lowest BCUT2D eigenvalue weighted by Crippen LogP contribution is -2.12. The summed E-state index contributed by atoms with van der Waals surface area (Å²) in [5, 5.41) is 2.88. The van der Waals surface area contributed by atoms with Crippen LogP contribution in [0.1, 0.15) is 6.42 Å². The molecular formula is C16H16BrNO2S. The molecule has 0 atom stereocenters. The fourth-order valence-corrected chi connectivity index (χ4v) is 2.97. The zero-order valence-electron chi connectivity index (χ0n) is 11.6. The molecule has 0 aliphatic rings. The number of ether oxygens (including phenoxy) is 1. The van der Waals surface area contributed by atoms with Gasteiger partial charge in [0, 0.05) is 27.2 Å².